The van der Waals surface area contributed by atoms with Gasteiger partial charge >= 0.3 is 6.61 Å². The summed E-state index contributed by atoms with van der Waals surface area (Å²) < 4.78 is 29.3. The van der Waals surface area contributed by atoms with Gasteiger partial charge in [-0.25, -0.2) is 0 Å². The van der Waals surface area contributed by atoms with Crippen LogP contribution in [-0.2, 0) is 11.2 Å². The molecule has 1 aromatic carbocycles. The number of ether oxygens (including phenoxy) is 1. The van der Waals surface area contributed by atoms with Crippen LogP contribution < -0.4 is 15.4 Å². The van der Waals surface area contributed by atoms with Crippen molar-refractivity contribution in [2.24, 2.45) is 0 Å². The summed E-state index contributed by atoms with van der Waals surface area (Å²) in [4.78, 5) is 12.0. The molecule has 1 saturated carbocycles. The molecule has 158 valence electrons. The van der Waals surface area contributed by atoms with Crippen molar-refractivity contribution < 1.29 is 18.3 Å². The molecule has 1 heterocycles. The van der Waals surface area contributed by atoms with Gasteiger partial charge in [-0.1, -0.05) is 54.5 Å². The number of hydrogen-bond donors (Lipinski definition) is 2. The van der Waals surface area contributed by atoms with Gasteiger partial charge in [0.2, 0.25) is 11.0 Å². The van der Waals surface area contributed by atoms with Crippen molar-refractivity contribution in [2.75, 3.05) is 17.6 Å². The van der Waals surface area contributed by atoms with Crippen LogP contribution in [0.2, 0.25) is 0 Å². The van der Waals surface area contributed by atoms with E-state index in [-0.39, 0.29) is 17.4 Å². The maximum atomic E-state index is 12.1. The van der Waals surface area contributed by atoms with Gasteiger partial charge in [0, 0.05) is 12.6 Å². The third-order valence-electron chi connectivity index (χ3n) is 4.55. The number of alkyl halides is 2. The van der Waals surface area contributed by atoms with Gasteiger partial charge in [-0.15, -0.1) is 10.2 Å². The number of carbonyl (C=O) groups is 1. The average Bonchev–Trinajstić information content (AvgIpc) is 3.15. The van der Waals surface area contributed by atoms with Crippen LogP contribution in [0.5, 0.6) is 5.75 Å². The summed E-state index contributed by atoms with van der Waals surface area (Å²) in [6.45, 7) is -2.36. The minimum atomic E-state index is -2.83. The Morgan fingerprint density at radius 2 is 1.97 bits per heavy atom. The third-order valence-corrected chi connectivity index (χ3v) is 6.54. The van der Waals surface area contributed by atoms with Gasteiger partial charge in [-0.3, -0.25) is 4.79 Å². The quantitative estimate of drug-likeness (QED) is 0.533. The molecular weight excluding hydrogens is 418 g/mol. The molecule has 1 aliphatic rings. The van der Waals surface area contributed by atoms with E-state index in [0.717, 1.165) is 15.0 Å². The standard InChI is InChI=1S/C19H24F2N4O2S2/c20-17(21)27-15-8-6-13(7-9-15)10-11-22-16(26)12-28-19-25-24-18(29-19)23-14-4-2-1-3-5-14/h6-9,14,17H,1-5,10-12H2,(H,22,26)(H,23,24). The summed E-state index contributed by atoms with van der Waals surface area (Å²) in [6.07, 6.45) is 6.78. The number of anilines is 1. The Morgan fingerprint density at radius 3 is 2.69 bits per heavy atom. The summed E-state index contributed by atoms with van der Waals surface area (Å²) in [7, 11) is 0. The van der Waals surface area contributed by atoms with E-state index in [0.29, 0.717) is 19.0 Å². The molecule has 0 radical (unpaired) electrons. The molecule has 0 spiro atoms. The van der Waals surface area contributed by atoms with Crippen LogP contribution in [0.3, 0.4) is 0 Å². The van der Waals surface area contributed by atoms with Crippen LogP contribution in [-0.4, -0.2) is 41.1 Å². The molecule has 0 atom stereocenters. The van der Waals surface area contributed by atoms with Crippen molar-refractivity contribution in [3.63, 3.8) is 0 Å². The van der Waals surface area contributed by atoms with Crippen LogP contribution in [0.15, 0.2) is 28.6 Å². The van der Waals surface area contributed by atoms with Gasteiger partial charge in [0.05, 0.1) is 5.75 Å². The number of hydrogen-bond acceptors (Lipinski definition) is 7. The molecule has 0 saturated heterocycles. The Balaban J connectivity index is 1.32. The maximum absolute atomic E-state index is 12.1. The number of nitrogens with one attached hydrogen (secondary N) is 2. The van der Waals surface area contributed by atoms with E-state index in [1.165, 1.54) is 67.3 Å². The lowest BCUT2D eigenvalue weighted by Crippen LogP contribution is -2.27. The Labute approximate surface area is 176 Å². The van der Waals surface area contributed by atoms with Crippen molar-refractivity contribution in [2.45, 2.75) is 55.5 Å². The first-order chi connectivity index (χ1) is 14.1. The molecule has 10 heteroatoms. The molecule has 1 amide bonds. The largest absolute Gasteiger partial charge is 0.435 e. The lowest BCUT2D eigenvalue weighted by Gasteiger charge is -2.21. The monoisotopic (exact) mass is 442 g/mol. The minimum Gasteiger partial charge on any atom is -0.435 e. The Hall–Kier alpha value is -1.94. The summed E-state index contributed by atoms with van der Waals surface area (Å²) in [6, 6.07) is 6.89. The molecule has 29 heavy (non-hydrogen) atoms. The van der Waals surface area contributed by atoms with Gasteiger partial charge in [-0.05, 0) is 37.0 Å². The molecule has 1 aromatic heterocycles. The highest BCUT2D eigenvalue weighted by molar-refractivity contribution is 8.01. The molecule has 0 unspecified atom stereocenters. The number of rotatable bonds is 10. The number of nitrogens with zero attached hydrogens (tertiary/aromatic N) is 2. The van der Waals surface area contributed by atoms with Crippen LogP contribution in [0.4, 0.5) is 13.9 Å². The van der Waals surface area contributed by atoms with E-state index in [4.69, 9.17) is 0 Å². The Kier molecular flexibility index (Phi) is 8.48. The predicted octanol–water partition coefficient (Wildman–Crippen LogP) is 4.34. The van der Waals surface area contributed by atoms with E-state index < -0.39 is 6.61 Å². The van der Waals surface area contributed by atoms with Crippen LogP contribution in [0, 0.1) is 0 Å². The van der Waals surface area contributed by atoms with Crippen LogP contribution >= 0.6 is 23.1 Å². The zero-order valence-electron chi connectivity index (χ0n) is 15.9. The highest BCUT2D eigenvalue weighted by atomic mass is 32.2. The second-order valence-electron chi connectivity index (χ2n) is 6.76. The van der Waals surface area contributed by atoms with Gasteiger partial charge in [0.25, 0.3) is 0 Å². The highest BCUT2D eigenvalue weighted by Crippen LogP contribution is 2.28. The van der Waals surface area contributed by atoms with Crippen molar-refractivity contribution >= 4 is 34.1 Å². The fraction of sp³-hybridized carbons (Fsp3) is 0.526. The zero-order chi connectivity index (χ0) is 20.5. The highest BCUT2D eigenvalue weighted by Gasteiger charge is 2.15. The summed E-state index contributed by atoms with van der Waals surface area (Å²) in [5.74, 6) is 0.322. The van der Waals surface area contributed by atoms with E-state index in [1.54, 1.807) is 12.1 Å². The molecule has 1 fully saturated rings. The molecule has 3 rings (SSSR count). The summed E-state index contributed by atoms with van der Waals surface area (Å²) in [5.41, 5.74) is 0.933. The predicted molar refractivity (Wildman–Crippen MR) is 111 cm³/mol. The minimum absolute atomic E-state index is 0.0790. The van der Waals surface area contributed by atoms with E-state index in [2.05, 4.69) is 25.6 Å². The second kappa shape index (κ2) is 11.3. The number of amides is 1. The van der Waals surface area contributed by atoms with E-state index in [1.807, 2.05) is 0 Å². The smallest absolute Gasteiger partial charge is 0.387 e. The van der Waals surface area contributed by atoms with E-state index >= 15 is 0 Å². The van der Waals surface area contributed by atoms with Gasteiger partial charge in [-0.2, -0.15) is 8.78 Å². The molecule has 0 bridgehead atoms. The van der Waals surface area contributed by atoms with Crippen LogP contribution in [0.1, 0.15) is 37.7 Å². The Bertz CT molecular complexity index is 768. The molecular formula is C19H24F2N4O2S2. The number of thioether (sulfide) groups is 1. The average molecular weight is 443 g/mol. The van der Waals surface area contributed by atoms with Gasteiger partial charge in [0.15, 0.2) is 4.34 Å². The molecule has 1 aliphatic carbocycles. The SMILES string of the molecule is O=C(CSc1nnc(NC2CCCCC2)s1)NCCc1ccc(OC(F)F)cc1. The van der Waals surface area contributed by atoms with Crippen molar-refractivity contribution in [1.82, 2.24) is 15.5 Å². The third kappa shape index (κ3) is 7.77. The normalized spacial score (nSPS) is 14.7. The van der Waals surface area contributed by atoms with E-state index in [9.17, 15) is 13.6 Å². The number of benzene rings is 1. The topological polar surface area (TPSA) is 76.1 Å². The molecule has 6 nitrogen and oxygen atoms in total. The summed E-state index contributed by atoms with van der Waals surface area (Å²) in [5, 5.41) is 15.4. The summed E-state index contributed by atoms with van der Waals surface area (Å²) >= 11 is 2.85. The zero-order valence-corrected chi connectivity index (χ0v) is 17.5. The lowest BCUT2D eigenvalue weighted by molar-refractivity contribution is -0.118. The fourth-order valence-electron chi connectivity index (χ4n) is 3.11. The number of halogens is 2. The number of aromatic nitrogens is 2. The van der Waals surface area contributed by atoms with Gasteiger partial charge < -0.3 is 15.4 Å². The van der Waals surface area contributed by atoms with Gasteiger partial charge in [0.1, 0.15) is 5.75 Å². The number of carbonyl (C=O) groups excluding carboxylic acids is 1. The second-order valence-corrected chi connectivity index (χ2v) is 8.96. The van der Waals surface area contributed by atoms with Crippen LogP contribution in [0.25, 0.3) is 0 Å². The first-order valence-electron chi connectivity index (χ1n) is 9.62. The lowest BCUT2D eigenvalue weighted by atomic mass is 9.96. The molecule has 2 aromatic rings. The van der Waals surface area contributed by atoms with Crippen molar-refractivity contribution in [3.8, 4) is 5.75 Å². The first-order valence-corrected chi connectivity index (χ1v) is 11.4. The van der Waals surface area contributed by atoms with Crippen molar-refractivity contribution in [3.05, 3.63) is 29.8 Å². The van der Waals surface area contributed by atoms with Crippen molar-refractivity contribution in [1.29, 1.82) is 0 Å². The fourth-order valence-corrected chi connectivity index (χ4v) is 4.77. The Morgan fingerprint density at radius 1 is 1.21 bits per heavy atom. The maximum Gasteiger partial charge on any atom is 0.387 e. The molecule has 2 N–H and O–H groups in total. The first kappa shape index (κ1) is 21.8. The molecule has 0 aliphatic heterocycles.